The van der Waals surface area contributed by atoms with Crippen LogP contribution in [0.3, 0.4) is 0 Å². The molecule has 1 aliphatic carbocycles. The summed E-state index contributed by atoms with van der Waals surface area (Å²) < 4.78 is 11.9. The van der Waals surface area contributed by atoms with Crippen LogP contribution in [-0.4, -0.2) is 22.4 Å². The molecule has 1 aliphatic heterocycles. The van der Waals surface area contributed by atoms with Gasteiger partial charge in [-0.2, -0.15) is 0 Å². The van der Waals surface area contributed by atoms with E-state index in [1.807, 2.05) is 35.6 Å². The number of benzene rings is 7. The minimum atomic E-state index is -0.183. The Kier molecular flexibility index (Phi) is 7.22. The van der Waals surface area contributed by atoms with Crippen LogP contribution in [0.1, 0.15) is 17.5 Å². The van der Waals surface area contributed by atoms with Crippen LogP contribution in [0.15, 0.2) is 178 Å². The predicted octanol–water partition coefficient (Wildman–Crippen LogP) is 11.0. The first-order valence-corrected chi connectivity index (χ1v) is 20.3. The maximum Gasteiger partial charge on any atom is 0.159 e. The van der Waals surface area contributed by atoms with Crippen molar-refractivity contribution in [2.45, 2.75) is 12.6 Å². The van der Waals surface area contributed by atoms with Crippen molar-refractivity contribution in [2.24, 2.45) is 15.9 Å². The van der Waals surface area contributed by atoms with E-state index >= 15 is 0 Å². The molecule has 0 radical (unpaired) electrons. The van der Waals surface area contributed by atoms with E-state index in [1.165, 1.54) is 47.2 Å². The molecule has 57 heavy (non-hydrogen) atoms. The lowest BCUT2D eigenvalue weighted by molar-refractivity contribution is 0.504. The SMILES string of the molecule is C1=c2sc3cccc(-c4cccc5c4oc4cccc(-n6c7ccccc7c7ccccc76)c45)c3c2=CC(C2N=C(c3ccccc3)N=C(c3ccccc3)N2)C1. The highest BCUT2D eigenvalue weighted by Crippen LogP contribution is 2.42. The Bertz CT molecular complexity index is 3370. The smallest absolute Gasteiger partial charge is 0.159 e. The molecule has 7 aromatic carbocycles. The summed E-state index contributed by atoms with van der Waals surface area (Å²) in [4.78, 5) is 10.3. The van der Waals surface area contributed by atoms with Gasteiger partial charge >= 0.3 is 0 Å². The number of hydrogen-bond donors (Lipinski definition) is 1. The van der Waals surface area contributed by atoms with E-state index in [9.17, 15) is 0 Å². The number of nitrogens with zero attached hydrogens (tertiary/aromatic N) is 3. The Morgan fingerprint density at radius 3 is 2.07 bits per heavy atom. The molecule has 2 atom stereocenters. The van der Waals surface area contributed by atoms with Crippen molar-refractivity contribution >= 4 is 89.0 Å². The normalized spacial score (nSPS) is 16.6. The summed E-state index contributed by atoms with van der Waals surface area (Å²) in [5, 5.41) is 11.0. The molecule has 0 spiro atoms. The van der Waals surface area contributed by atoms with Crippen molar-refractivity contribution < 1.29 is 4.42 Å². The number of aromatic nitrogens is 1. The van der Waals surface area contributed by atoms with E-state index in [2.05, 4.69) is 162 Å². The molecule has 5 nitrogen and oxygen atoms in total. The van der Waals surface area contributed by atoms with Gasteiger partial charge in [0.1, 0.15) is 23.2 Å². The van der Waals surface area contributed by atoms with Crippen molar-refractivity contribution in [1.82, 2.24) is 9.88 Å². The third-order valence-corrected chi connectivity index (χ3v) is 12.8. The van der Waals surface area contributed by atoms with Crippen LogP contribution in [0.4, 0.5) is 0 Å². The number of furan rings is 1. The second-order valence-corrected chi connectivity index (χ2v) is 16.0. The second-order valence-electron chi connectivity index (χ2n) is 14.9. The fourth-order valence-corrected chi connectivity index (χ4v) is 10.2. The predicted molar refractivity (Wildman–Crippen MR) is 238 cm³/mol. The van der Waals surface area contributed by atoms with E-state index in [0.29, 0.717) is 0 Å². The van der Waals surface area contributed by atoms with Gasteiger partial charge in [0.25, 0.3) is 0 Å². The molecule has 2 unspecified atom stereocenters. The van der Waals surface area contributed by atoms with Crippen LogP contribution in [0, 0.1) is 5.92 Å². The van der Waals surface area contributed by atoms with Crippen LogP contribution in [0.25, 0.3) is 82.8 Å². The van der Waals surface area contributed by atoms with Crippen LogP contribution in [-0.2, 0) is 0 Å². The summed E-state index contributed by atoms with van der Waals surface area (Å²) in [5.41, 5.74) is 9.60. The molecule has 12 rings (SSSR count). The first-order valence-electron chi connectivity index (χ1n) is 19.5. The van der Waals surface area contributed by atoms with Crippen molar-refractivity contribution in [2.75, 3.05) is 0 Å². The first kappa shape index (κ1) is 32.2. The topological polar surface area (TPSA) is 54.8 Å². The molecule has 0 amide bonds. The quantitative estimate of drug-likeness (QED) is 0.190. The number of para-hydroxylation sites is 3. The van der Waals surface area contributed by atoms with Gasteiger partial charge in [0.15, 0.2) is 5.84 Å². The average molecular weight is 751 g/mol. The molecule has 0 bridgehead atoms. The highest BCUT2D eigenvalue weighted by molar-refractivity contribution is 7.17. The fraction of sp³-hybridized carbons (Fsp3) is 0.0588. The van der Waals surface area contributed by atoms with Crippen LogP contribution >= 0.6 is 11.3 Å². The monoisotopic (exact) mass is 750 g/mol. The molecule has 1 N–H and O–H groups in total. The summed E-state index contributed by atoms with van der Waals surface area (Å²) >= 11 is 1.86. The van der Waals surface area contributed by atoms with Gasteiger partial charge < -0.3 is 14.3 Å². The van der Waals surface area contributed by atoms with Crippen LogP contribution in [0.2, 0.25) is 0 Å². The molecule has 2 aliphatic rings. The van der Waals surface area contributed by atoms with Gasteiger partial charge in [-0.25, -0.2) is 9.98 Å². The maximum absolute atomic E-state index is 6.93. The molecule has 10 aromatic rings. The summed E-state index contributed by atoms with van der Waals surface area (Å²) in [6.45, 7) is 0. The molecule has 3 aromatic heterocycles. The third kappa shape index (κ3) is 5.07. The lowest BCUT2D eigenvalue weighted by atomic mass is 9.93. The van der Waals surface area contributed by atoms with Crippen molar-refractivity contribution in [3.63, 3.8) is 0 Å². The largest absolute Gasteiger partial charge is 0.455 e. The Hall–Kier alpha value is -7.02. The lowest BCUT2D eigenvalue weighted by Crippen LogP contribution is -2.44. The molecular weight excluding hydrogens is 717 g/mol. The van der Waals surface area contributed by atoms with E-state index in [1.54, 1.807) is 0 Å². The number of thiophene rings is 1. The summed E-state index contributed by atoms with van der Waals surface area (Å²) in [6.07, 6.45) is 5.55. The Morgan fingerprint density at radius 2 is 1.28 bits per heavy atom. The minimum absolute atomic E-state index is 0.118. The fourth-order valence-electron chi connectivity index (χ4n) is 9.03. The number of fused-ring (bicyclic) bond motifs is 9. The minimum Gasteiger partial charge on any atom is -0.455 e. The van der Waals surface area contributed by atoms with Crippen LogP contribution in [0.5, 0.6) is 0 Å². The van der Waals surface area contributed by atoms with Gasteiger partial charge in [0, 0.05) is 53.4 Å². The van der Waals surface area contributed by atoms with E-state index < -0.39 is 0 Å². The summed E-state index contributed by atoms with van der Waals surface area (Å²) in [6, 6.07) is 57.8. The van der Waals surface area contributed by atoms with Crippen LogP contribution < -0.4 is 15.1 Å². The molecule has 0 fully saturated rings. The zero-order valence-corrected chi connectivity index (χ0v) is 31.6. The Labute approximate surface area is 331 Å². The highest BCUT2D eigenvalue weighted by atomic mass is 32.1. The number of amidine groups is 2. The zero-order chi connectivity index (χ0) is 37.5. The maximum atomic E-state index is 6.93. The van der Waals surface area contributed by atoms with Gasteiger partial charge in [-0.15, -0.1) is 11.3 Å². The van der Waals surface area contributed by atoms with Gasteiger partial charge in [0.2, 0.25) is 0 Å². The molecule has 4 heterocycles. The van der Waals surface area contributed by atoms with E-state index in [0.717, 1.165) is 62.4 Å². The summed E-state index contributed by atoms with van der Waals surface area (Å²) in [7, 11) is 0. The Balaban J connectivity index is 1.02. The van der Waals surface area contributed by atoms with Crippen molar-refractivity contribution in [3.8, 4) is 16.8 Å². The molecule has 6 heteroatoms. The van der Waals surface area contributed by atoms with Gasteiger partial charge in [-0.3, -0.25) is 0 Å². The highest BCUT2D eigenvalue weighted by Gasteiger charge is 2.28. The molecule has 270 valence electrons. The van der Waals surface area contributed by atoms with Gasteiger partial charge in [-0.05, 0) is 47.5 Å². The molecule has 0 saturated carbocycles. The van der Waals surface area contributed by atoms with E-state index in [4.69, 9.17) is 14.4 Å². The van der Waals surface area contributed by atoms with E-state index in [-0.39, 0.29) is 12.1 Å². The lowest BCUT2D eigenvalue weighted by Gasteiger charge is -2.28. The summed E-state index contributed by atoms with van der Waals surface area (Å²) in [5.74, 6) is 1.72. The van der Waals surface area contributed by atoms with Gasteiger partial charge in [0.05, 0.1) is 22.1 Å². The standard InChI is InChI=1S/C51H34N4OS/c1-3-14-31(15-4-1)49-52-50(32-16-5-2-6-17-32)54-51(53-49)33-28-29-44-39(30-33)46-36(20-12-27-45(46)57-44)37-21-11-22-38-47-42(25-13-26-43(47)56-48(37)38)55-40-23-9-7-18-34(40)35-19-8-10-24-41(35)55/h1-27,29-30,33,51H,28H2,(H,52,53,54). The molecular formula is C51H34N4OS. The number of aliphatic imine (C=N–C) groups is 2. The third-order valence-electron chi connectivity index (χ3n) is 11.6. The second kappa shape index (κ2) is 12.8. The van der Waals surface area contributed by atoms with Crippen molar-refractivity contribution in [1.29, 1.82) is 0 Å². The Morgan fingerprint density at radius 1 is 0.614 bits per heavy atom. The molecule has 0 saturated heterocycles. The van der Waals surface area contributed by atoms with Gasteiger partial charge in [-0.1, -0.05) is 146 Å². The first-order chi connectivity index (χ1) is 28.3. The van der Waals surface area contributed by atoms with Crippen molar-refractivity contribution in [3.05, 3.63) is 185 Å². The number of rotatable bonds is 5. The zero-order valence-electron chi connectivity index (χ0n) is 30.8. The average Bonchev–Trinajstić information content (AvgIpc) is 3.96. The number of nitrogens with one attached hydrogen (secondary N) is 1. The number of hydrogen-bond acceptors (Lipinski definition) is 5.